The molecule has 99 valence electrons. The van der Waals surface area contributed by atoms with Crippen molar-refractivity contribution in [2.24, 2.45) is 0 Å². The highest BCUT2D eigenvalue weighted by atomic mass is 16.5. The zero-order valence-electron chi connectivity index (χ0n) is 11.2. The second-order valence-electron chi connectivity index (χ2n) is 4.96. The summed E-state index contributed by atoms with van der Waals surface area (Å²) < 4.78 is 5.07. The first-order chi connectivity index (χ1) is 10.4. The van der Waals surface area contributed by atoms with Gasteiger partial charge in [-0.25, -0.2) is 4.79 Å². The van der Waals surface area contributed by atoms with Crippen molar-refractivity contribution < 1.29 is 9.53 Å². The van der Waals surface area contributed by atoms with Crippen LogP contribution in [0.5, 0.6) is 5.75 Å². The second-order valence-corrected chi connectivity index (χ2v) is 4.96. The molecule has 0 N–H and O–H groups in total. The number of rotatable bonds is 2. The Morgan fingerprint density at radius 1 is 0.619 bits per heavy atom. The summed E-state index contributed by atoms with van der Waals surface area (Å²) in [5, 5.41) is 6.63. The van der Waals surface area contributed by atoms with Crippen LogP contribution < -0.4 is 4.74 Å². The second kappa shape index (κ2) is 4.60. The fourth-order valence-electron chi connectivity index (χ4n) is 3.05. The van der Waals surface area contributed by atoms with Gasteiger partial charge in [0.2, 0.25) is 0 Å². The van der Waals surface area contributed by atoms with Crippen LogP contribution in [0.1, 0.15) is 0 Å². The van der Waals surface area contributed by atoms with Crippen LogP contribution in [0.2, 0.25) is 0 Å². The van der Waals surface area contributed by atoms with Gasteiger partial charge in [0.05, 0.1) is 0 Å². The molecule has 0 atom stereocenters. The normalized spacial score (nSPS) is 11.0. The summed E-state index contributed by atoms with van der Waals surface area (Å²) in [4.78, 5) is 10.7. The molecule has 0 unspecified atom stereocenters. The van der Waals surface area contributed by atoms with Gasteiger partial charge in [-0.2, -0.15) is 0 Å². The maximum atomic E-state index is 10.7. The van der Waals surface area contributed by atoms with Crippen molar-refractivity contribution in [3.05, 3.63) is 66.7 Å². The van der Waals surface area contributed by atoms with Gasteiger partial charge in [0, 0.05) is 5.39 Å². The number of hydrogen-bond donors (Lipinski definition) is 0. The van der Waals surface area contributed by atoms with Gasteiger partial charge in [-0.3, -0.25) is 0 Å². The van der Waals surface area contributed by atoms with Crippen molar-refractivity contribution in [1.82, 2.24) is 0 Å². The number of hydrogen-bond acceptors (Lipinski definition) is 2. The van der Waals surface area contributed by atoms with Crippen molar-refractivity contribution in [2.75, 3.05) is 0 Å². The van der Waals surface area contributed by atoms with Gasteiger partial charge in [0.15, 0.2) is 0 Å². The van der Waals surface area contributed by atoms with E-state index in [0.29, 0.717) is 5.75 Å². The molecule has 0 amide bonds. The molecule has 4 aromatic rings. The van der Waals surface area contributed by atoms with E-state index in [2.05, 4.69) is 30.3 Å². The van der Waals surface area contributed by atoms with Crippen LogP contribution in [0.25, 0.3) is 32.3 Å². The molecule has 0 aliphatic heterocycles. The molecule has 0 aromatic heterocycles. The van der Waals surface area contributed by atoms with Crippen LogP contribution in [-0.4, -0.2) is 6.47 Å². The Kier molecular flexibility index (Phi) is 2.61. The highest BCUT2D eigenvalue weighted by molar-refractivity contribution is 6.26. The van der Waals surface area contributed by atoms with Crippen molar-refractivity contribution in [3.63, 3.8) is 0 Å². The van der Waals surface area contributed by atoms with Crippen molar-refractivity contribution >= 4 is 38.8 Å². The molecule has 0 heterocycles. The molecule has 21 heavy (non-hydrogen) atoms. The highest BCUT2D eigenvalue weighted by Gasteiger charge is 2.11. The van der Waals surface area contributed by atoms with Crippen LogP contribution in [0.15, 0.2) is 66.7 Å². The molecule has 0 aliphatic rings. The molecular weight excluding hydrogens is 260 g/mol. The standard InChI is InChI=1S/C19H11O2/c20-12-21-18-11-5-10-17-15-7-2-1-6-13(15)14-8-3-4-9-16(14)19(17)18/h1-11H. The smallest absolute Gasteiger partial charge is 0.417 e. The Hall–Kier alpha value is -2.87. The van der Waals surface area contributed by atoms with Gasteiger partial charge in [-0.15, -0.1) is 0 Å². The molecule has 2 heteroatoms. The Bertz CT molecular complexity index is 941. The lowest BCUT2D eigenvalue weighted by atomic mass is 9.94. The summed E-state index contributed by atoms with van der Waals surface area (Å²) in [6, 6.07) is 22.2. The van der Waals surface area contributed by atoms with Gasteiger partial charge in [-0.05, 0) is 33.0 Å². The van der Waals surface area contributed by atoms with E-state index in [0.717, 1.165) is 26.9 Å². The van der Waals surface area contributed by atoms with Crippen LogP contribution in [0.4, 0.5) is 0 Å². The van der Waals surface area contributed by atoms with E-state index in [-0.39, 0.29) is 0 Å². The van der Waals surface area contributed by atoms with Crippen LogP contribution in [0, 0.1) is 0 Å². The SMILES string of the molecule is O=[C]Oc1cccc2c3ccccc3c3ccccc3c12. The van der Waals surface area contributed by atoms with Gasteiger partial charge < -0.3 is 4.74 Å². The third kappa shape index (κ3) is 1.69. The first-order valence-electron chi connectivity index (χ1n) is 6.76. The fraction of sp³-hybridized carbons (Fsp3) is 0. The summed E-state index contributed by atoms with van der Waals surface area (Å²) in [7, 11) is 0. The Balaban J connectivity index is 2.36. The van der Waals surface area contributed by atoms with Crippen molar-refractivity contribution in [1.29, 1.82) is 0 Å². The molecule has 4 rings (SSSR count). The van der Waals surface area contributed by atoms with E-state index < -0.39 is 0 Å². The Labute approximate surface area is 121 Å². The topological polar surface area (TPSA) is 26.3 Å². The zero-order chi connectivity index (χ0) is 14.2. The van der Waals surface area contributed by atoms with E-state index in [1.54, 1.807) is 6.07 Å². The number of carbonyl (C=O) groups excluding carboxylic acids is 1. The summed E-state index contributed by atoms with van der Waals surface area (Å²) in [5.41, 5.74) is 0. The molecular formula is C19H11O2. The number of ether oxygens (including phenoxy) is 1. The first kappa shape index (κ1) is 11.9. The van der Waals surface area contributed by atoms with E-state index in [1.165, 1.54) is 11.9 Å². The third-order valence-electron chi connectivity index (χ3n) is 3.88. The minimum atomic E-state index is 0.546. The average molecular weight is 271 g/mol. The minimum absolute atomic E-state index is 0.546. The molecule has 0 fully saturated rings. The Morgan fingerprint density at radius 2 is 1.10 bits per heavy atom. The largest absolute Gasteiger partial charge is 0.423 e. The van der Waals surface area contributed by atoms with Gasteiger partial charge in [0.25, 0.3) is 0 Å². The lowest BCUT2D eigenvalue weighted by Crippen LogP contribution is -1.91. The first-order valence-corrected chi connectivity index (χ1v) is 6.76. The molecule has 0 saturated heterocycles. The van der Waals surface area contributed by atoms with Gasteiger partial charge >= 0.3 is 6.47 Å². The number of benzene rings is 4. The van der Waals surface area contributed by atoms with Crippen LogP contribution in [0.3, 0.4) is 0 Å². The van der Waals surface area contributed by atoms with Gasteiger partial charge in [0.1, 0.15) is 5.75 Å². The maximum absolute atomic E-state index is 10.7. The summed E-state index contributed by atoms with van der Waals surface area (Å²) >= 11 is 0. The summed E-state index contributed by atoms with van der Waals surface area (Å²) in [6.45, 7) is 1.54. The quantitative estimate of drug-likeness (QED) is 0.498. The maximum Gasteiger partial charge on any atom is 0.423 e. The summed E-state index contributed by atoms with van der Waals surface area (Å²) in [6.07, 6.45) is 0. The Morgan fingerprint density at radius 3 is 1.67 bits per heavy atom. The lowest BCUT2D eigenvalue weighted by molar-refractivity contribution is 0.445. The molecule has 0 saturated carbocycles. The van der Waals surface area contributed by atoms with Crippen molar-refractivity contribution in [3.8, 4) is 5.75 Å². The fourth-order valence-corrected chi connectivity index (χ4v) is 3.05. The number of fused-ring (bicyclic) bond motifs is 6. The highest BCUT2D eigenvalue weighted by Crippen LogP contribution is 2.39. The van der Waals surface area contributed by atoms with E-state index in [1.807, 2.05) is 30.3 Å². The van der Waals surface area contributed by atoms with Crippen LogP contribution in [-0.2, 0) is 4.79 Å². The molecule has 0 spiro atoms. The van der Waals surface area contributed by atoms with Crippen molar-refractivity contribution in [2.45, 2.75) is 0 Å². The molecule has 1 radical (unpaired) electrons. The predicted molar refractivity (Wildman–Crippen MR) is 85.3 cm³/mol. The lowest BCUT2D eigenvalue weighted by Gasteiger charge is -2.12. The van der Waals surface area contributed by atoms with E-state index in [4.69, 9.17) is 4.74 Å². The predicted octanol–water partition coefficient (Wildman–Crippen LogP) is 4.59. The monoisotopic (exact) mass is 271 g/mol. The molecule has 4 aromatic carbocycles. The zero-order valence-corrected chi connectivity index (χ0v) is 11.2. The van der Waals surface area contributed by atoms with Gasteiger partial charge in [-0.1, -0.05) is 60.7 Å². The molecule has 2 nitrogen and oxygen atoms in total. The molecule has 0 aliphatic carbocycles. The minimum Gasteiger partial charge on any atom is -0.417 e. The molecule has 0 bridgehead atoms. The van der Waals surface area contributed by atoms with Crippen LogP contribution >= 0.6 is 0 Å². The summed E-state index contributed by atoms with van der Waals surface area (Å²) in [5.74, 6) is 0.546. The average Bonchev–Trinajstić information content (AvgIpc) is 2.55. The third-order valence-corrected chi connectivity index (χ3v) is 3.88. The van der Waals surface area contributed by atoms with E-state index >= 15 is 0 Å². The van der Waals surface area contributed by atoms with E-state index in [9.17, 15) is 4.79 Å².